The smallest absolute Gasteiger partial charge is 0.167 e. The summed E-state index contributed by atoms with van der Waals surface area (Å²) >= 11 is 0. The Morgan fingerprint density at radius 3 is 2.82 bits per heavy atom. The van der Waals surface area contributed by atoms with E-state index >= 15 is 0 Å². The fourth-order valence-electron chi connectivity index (χ4n) is 2.21. The van der Waals surface area contributed by atoms with Crippen molar-refractivity contribution in [2.45, 2.75) is 26.2 Å². The summed E-state index contributed by atoms with van der Waals surface area (Å²) in [4.78, 5) is 2.44. The van der Waals surface area contributed by atoms with Crippen molar-refractivity contribution in [2.24, 2.45) is 0 Å². The van der Waals surface area contributed by atoms with Crippen molar-refractivity contribution < 1.29 is 9.13 Å². The van der Waals surface area contributed by atoms with Gasteiger partial charge >= 0.3 is 0 Å². The Hall–Kier alpha value is -1.09. The van der Waals surface area contributed by atoms with Gasteiger partial charge in [0, 0.05) is 6.54 Å². The molecule has 0 atom stereocenters. The number of aryl methyl sites for hydroxylation is 1. The highest BCUT2D eigenvalue weighted by Gasteiger charge is 2.11. The third-order valence-corrected chi connectivity index (χ3v) is 3.23. The Balaban J connectivity index is 1.72. The van der Waals surface area contributed by atoms with Crippen molar-refractivity contribution >= 4 is 0 Å². The maximum absolute atomic E-state index is 13.6. The van der Waals surface area contributed by atoms with Gasteiger partial charge in [-0.15, -0.1) is 0 Å². The number of hydrogen-bond acceptors (Lipinski definition) is 2. The maximum Gasteiger partial charge on any atom is 0.167 e. The highest BCUT2D eigenvalue weighted by Crippen LogP contribution is 2.19. The third kappa shape index (κ3) is 3.43. The van der Waals surface area contributed by atoms with Crippen molar-refractivity contribution in [3.05, 3.63) is 29.6 Å². The summed E-state index contributed by atoms with van der Waals surface area (Å²) in [6, 6.07) is 5.28. The summed E-state index contributed by atoms with van der Waals surface area (Å²) in [6.07, 6.45) is 3.59. The molecule has 0 amide bonds. The lowest BCUT2D eigenvalue weighted by molar-refractivity contribution is 0.255. The lowest BCUT2D eigenvalue weighted by Crippen LogP contribution is -2.22. The normalized spacial score (nSPS) is 16.4. The van der Waals surface area contributed by atoms with Crippen LogP contribution in [0.4, 0.5) is 4.39 Å². The van der Waals surface area contributed by atoms with Gasteiger partial charge in [0.05, 0.1) is 6.61 Å². The minimum absolute atomic E-state index is 0.228. The molecule has 2 nitrogen and oxygen atoms in total. The van der Waals surface area contributed by atoms with E-state index in [0.717, 1.165) is 13.0 Å². The van der Waals surface area contributed by atoms with Crippen LogP contribution in [0.2, 0.25) is 0 Å². The van der Waals surface area contributed by atoms with Crippen LogP contribution < -0.4 is 4.74 Å². The molecule has 1 aliphatic heterocycles. The molecule has 1 aromatic rings. The van der Waals surface area contributed by atoms with E-state index in [9.17, 15) is 4.39 Å². The molecule has 0 unspecified atom stereocenters. The number of rotatable bonds is 5. The highest BCUT2D eigenvalue weighted by atomic mass is 19.1. The third-order valence-electron chi connectivity index (χ3n) is 3.23. The van der Waals surface area contributed by atoms with Crippen LogP contribution in [0.25, 0.3) is 0 Å². The molecule has 0 spiro atoms. The molecule has 0 N–H and O–H groups in total. The van der Waals surface area contributed by atoms with Gasteiger partial charge in [0.25, 0.3) is 0 Å². The van der Waals surface area contributed by atoms with Gasteiger partial charge in [0.2, 0.25) is 0 Å². The first kappa shape index (κ1) is 12.4. The zero-order chi connectivity index (χ0) is 12.1. The first-order chi connectivity index (χ1) is 8.27. The van der Waals surface area contributed by atoms with Gasteiger partial charge in [-0.05, 0) is 50.9 Å². The van der Waals surface area contributed by atoms with E-state index in [1.807, 2.05) is 6.07 Å². The quantitative estimate of drug-likeness (QED) is 0.730. The van der Waals surface area contributed by atoms with E-state index in [-0.39, 0.29) is 5.82 Å². The lowest BCUT2D eigenvalue weighted by Gasteiger charge is -2.14. The molecule has 0 radical (unpaired) electrons. The van der Waals surface area contributed by atoms with E-state index in [2.05, 4.69) is 4.90 Å². The number of halogens is 1. The number of ether oxygens (including phenoxy) is 1. The zero-order valence-corrected chi connectivity index (χ0v) is 10.4. The highest BCUT2D eigenvalue weighted by molar-refractivity contribution is 5.29. The number of nitrogens with zero attached hydrogens (tertiary/aromatic N) is 1. The molecule has 1 aromatic carbocycles. The Morgan fingerprint density at radius 1 is 1.29 bits per heavy atom. The van der Waals surface area contributed by atoms with Gasteiger partial charge in [-0.25, -0.2) is 4.39 Å². The van der Waals surface area contributed by atoms with Crippen LogP contribution in [0.1, 0.15) is 24.8 Å². The second-order valence-corrected chi connectivity index (χ2v) is 4.64. The van der Waals surface area contributed by atoms with Gasteiger partial charge < -0.3 is 9.64 Å². The molecule has 0 aliphatic carbocycles. The number of likely N-dealkylation sites (tertiary alicyclic amines) is 1. The Labute approximate surface area is 102 Å². The molecule has 0 aromatic heterocycles. The van der Waals surface area contributed by atoms with E-state index in [4.69, 9.17) is 4.74 Å². The van der Waals surface area contributed by atoms with Crippen molar-refractivity contribution in [3.8, 4) is 5.75 Å². The Kier molecular flexibility index (Phi) is 4.37. The van der Waals surface area contributed by atoms with E-state index < -0.39 is 0 Å². The van der Waals surface area contributed by atoms with Crippen LogP contribution in [-0.4, -0.2) is 31.1 Å². The average molecular weight is 237 g/mol. The Bertz CT molecular complexity index is 361. The van der Waals surface area contributed by atoms with Crippen LogP contribution in [0.15, 0.2) is 18.2 Å². The van der Waals surface area contributed by atoms with Crippen LogP contribution in [0.5, 0.6) is 5.75 Å². The minimum Gasteiger partial charge on any atom is -0.490 e. The number of benzene rings is 1. The second-order valence-electron chi connectivity index (χ2n) is 4.64. The fourth-order valence-corrected chi connectivity index (χ4v) is 2.21. The molecule has 1 fully saturated rings. The number of hydrogen-bond donors (Lipinski definition) is 0. The van der Waals surface area contributed by atoms with Gasteiger partial charge in [0.1, 0.15) is 0 Å². The lowest BCUT2D eigenvalue weighted by atomic mass is 10.2. The van der Waals surface area contributed by atoms with E-state index in [1.54, 1.807) is 19.1 Å². The molecular formula is C14H20FNO. The maximum atomic E-state index is 13.6. The molecule has 0 bridgehead atoms. The summed E-state index contributed by atoms with van der Waals surface area (Å²) in [5.74, 6) is 0.153. The summed E-state index contributed by atoms with van der Waals surface area (Å²) in [5, 5.41) is 0. The van der Waals surface area contributed by atoms with Gasteiger partial charge in [-0.1, -0.05) is 12.1 Å². The van der Waals surface area contributed by atoms with Gasteiger partial charge in [0.15, 0.2) is 11.6 Å². The summed E-state index contributed by atoms with van der Waals surface area (Å²) < 4.78 is 19.1. The largest absolute Gasteiger partial charge is 0.490 e. The van der Waals surface area contributed by atoms with E-state index in [0.29, 0.717) is 17.9 Å². The zero-order valence-electron chi connectivity index (χ0n) is 10.4. The second kappa shape index (κ2) is 6.01. The SMILES string of the molecule is Cc1cccc(OCCCN2CCCC2)c1F. The Morgan fingerprint density at radius 2 is 2.06 bits per heavy atom. The van der Waals surface area contributed by atoms with Crippen LogP contribution in [0, 0.1) is 12.7 Å². The molecule has 2 rings (SSSR count). The van der Waals surface area contributed by atoms with Crippen LogP contribution in [0.3, 0.4) is 0 Å². The first-order valence-electron chi connectivity index (χ1n) is 6.37. The molecule has 1 aliphatic rings. The summed E-state index contributed by atoms with van der Waals surface area (Å²) in [7, 11) is 0. The monoisotopic (exact) mass is 237 g/mol. The molecule has 1 heterocycles. The predicted octanol–water partition coefficient (Wildman–Crippen LogP) is 3.00. The van der Waals surface area contributed by atoms with Crippen molar-refractivity contribution in [2.75, 3.05) is 26.2 Å². The molecule has 94 valence electrons. The van der Waals surface area contributed by atoms with Gasteiger partial charge in [-0.2, -0.15) is 0 Å². The average Bonchev–Trinajstić information content (AvgIpc) is 2.83. The van der Waals surface area contributed by atoms with Crippen LogP contribution in [-0.2, 0) is 0 Å². The first-order valence-corrected chi connectivity index (χ1v) is 6.37. The molecule has 17 heavy (non-hydrogen) atoms. The standard InChI is InChI=1S/C14H20FNO/c1-12-6-4-7-13(14(12)15)17-11-5-10-16-8-2-3-9-16/h4,6-7H,2-3,5,8-11H2,1H3. The molecule has 0 saturated carbocycles. The molecule has 3 heteroatoms. The fraction of sp³-hybridized carbons (Fsp3) is 0.571. The molecule has 1 saturated heterocycles. The van der Waals surface area contributed by atoms with Crippen molar-refractivity contribution in [3.63, 3.8) is 0 Å². The summed E-state index contributed by atoms with van der Waals surface area (Å²) in [5.41, 5.74) is 0.641. The van der Waals surface area contributed by atoms with E-state index in [1.165, 1.54) is 25.9 Å². The minimum atomic E-state index is -0.228. The van der Waals surface area contributed by atoms with Crippen molar-refractivity contribution in [1.29, 1.82) is 0 Å². The predicted molar refractivity (Wildman–Crippen MR) is 66.9 cm³/mol. The molecular weight excluding hydrogens is 217 g/mol. The van der Waals surface area contributed by atoms with Gasteiger partial charge in [-0.3, -0.25) is 0 Å². The van der Waals surface area contributed by atoms with Crippen molar-refractivity contribution in [1.82, 2.24) is 4.90 Å². The topological polar surface area (TPSA) is 12.5 Å². The van der Waals surface area contributed by atoms with Crippen LogP contribution >= 0.6 is 0 Å². The summed E-state index contributed by atoms with van der Waals surface area (Å²) in [6.45, 7) is 5.83.